The monoisotopic (exact) mass is 308 g/mol. The fraction of sp³-hybridized carbons (Fsp3) is 0.538. The number of thioether (sulfide) groups is 1. The lowest BCUT2D eigenvalue weighted by atomic mass is 10.2. The van der Waals surface area contributed by atoms with E-state index in [-0.39, 0.29) is 10.6 Å². The van der Waals surface area contributed by atoms with E-state index in [9.17, 15) is 4.39 Å². The standard InChI is InChI=1S/C13H17FN6S/c1-13(2)9-19(5-6-21-13)12-16-17-18-20(12)8-11-4-3-10(14)7-15-11/h3-4,7H,5-6,8-9H2,1-2H3. The minimum Gasteiger partial charge on any atom is -0.337 e. The summed E-state index contributed by atoms with van der Waals surface area (Å²) < 4.78 is 14.8. The van der Waals surface area contributed by atoms with E-state index < -0.39 is 0 Å². The summed E-state index contributed by atoms with van der Waals surface area (Å²) in [7, 11) is 0. The van der Waals surface area contributed by atoms with Crippen LogP contribution in [0.1, 0.15) is 19.5 Å². The molecule has 3 heterocycles. The summed E-state index contributed by atoms with van der Waals surface area (Å²) in [5, 5.41) is 11.9. The van der Waals surface area contributed by atoms with Gasteiger partial charge in [0.1, 0.15) is 5.82 Å². The summed E-state index contributed by atoms with van der Waals surface area (Å²) in [6.45, 7) is 6.70. The Morgan fingerprint density at radius 3 is 2.95 bits per heavy atom. The highest BCUT2D eigenvalue weighted by atomic mass is 32.2. The molecule has 1 fully saturated rings. The molecule has 0 bridgehead atoms. The third kappa shape index (κ3) is 3.31. The Kier molecular flexibility index (Phi) is 3.79. The first-order chi connectivity index (χ1) is 10.0. The lowest BCUT2D eigenvalue weighted by Crippen LogP contribution is -2.44. The summed E-state index contributed by atoms with van der Waals surface area (Å²) in [6.07, 6.45) is 1.21. The second kappa shape index (κ2) is 5.59. The molecule has 2 aromatic heterocycles. The molecule has 0 aliphatic carbocycles. The molecule has 1 aliphatic rings. The molecule has 3 rings (SSSR count). The number of pyridine rings is 1. The van der Waals surface area contributed by atoms with Crippen molar-refractivity contribution in [3.8, 4) is 0 Å². The minimum atomic E-state index is -0.342. The Balaban J connectivity index is 1.79. The summed E-state index contributed by atoms with van der Waals surface area (Å²) in [4.78, 5) is 6.25. The maximum atomic E-state index is 12.9. The second-order valence-corrected chi connectivity index (χ2v) is 7.44. The molecule has 0 N–H and O–H groups in total. The first-order valence-corrected chi connectivity index (χ1v) is 7.78. The fourth-order valence-electron chi connectivity index (χ4n) is 2.37. The summed E-state index contributed by atoms with van der Waals surface area (Å²) in [5.74, 6) is 1.45. The van der Waals surface area contributed by atoms with Gasteiger partial charge in [0.25, 0.3) is 0 Å². The molecule has 0 saturated carbocycles. The number of hydrogen-bond donors (Lipinski definition) is 0. The number of rotatable bonds is 3. The third-order valence-corrected chi connectivity index (χ3v) is 4.62. The predicted octanol–water partition coefficient (Wildman–Crippen LogP) is 1.59. The normalized spacial score (nSPS) is 18.0. The van der Waals surface area contributed by atoms with Gasteiger partial charge in [-0.05, 0) is 36.4 Å². The Morgan fingerprint density at radius 1 is 1.38 bits per heavy atom. The number of hydrogen-bond acceptors (Lipinski definition) is 6. The van der Waals surface area contributed by atoms with Crippen LogP contribution in [0.3, 0.4) is 0 Å². The zero-order valence-corrected chi connectivity index (χ0v) is 12.8. The Bertz CT molecular complexity index is 611. The molecule has 1 saturated heterocycles. The molecular formula is C13H17FN6S. The van der Waals surface area contributed by atoms with E-state index in [1.807, 2.05) is 11.8 Å². The van der Waals surface area contributed by atoms with Crippen molar-refractivity contribution in [3.05, 3.63) is 29.8 Å². The van der Waals surface area contributed by atoms with Crippen LogP contribution in [0, 0.1) is 5.82 Å². The quantitative estimate of drug-likeness (QED) is 0.858. The molecule has 0 amide bonds. The number of anilines is 1. The Morgan fingerprint density at radius 2 is 2.24 bits per heavy atom. The molecule has 0 aromatic carbocycles. The molecule has 21 heavy (non-hydrogen) atoms. The summed E-state index contributed by atoms with van der Waals surface area (Å²) in [6, 6.07) is 3.05. The van der Waals surface area contributed by atoms with Crippen LogP contribution in [0.5, 0.6) is 0 Å². The zero-order chi connectivity index (χ0) is 14.9. The largest absolute Gasteiger partial charge is 0.337 e. The van der Waals surface area contributed by atoms with Crippen molar-refractivity contribution >= 4 is 17.7 Å². The van der Waals surface area contributed by atoms with Crippen LogP contribution in [0.15, 0.2) is 18.3 Å². The van der Waals surface area contributed by atoms with Crippen LogP contribution in [0.2, 0.25) is 0 Å². The van der Waals surface area contributed by atoms with Gasteiger partial charge in [0.2, 0.25) is 5.95 Å². The first-order valence-electron chi connectivity index (χ1n) is 6.79. The van der Waals surface area contributed by atoms with E-state index in [2.05, 4.69) is 39.3 Å². The molecule has 6 nitrogen and oxygen atoms in total. The topological polar surface area (TPSA) is 59.7 Å². The van der Waals surface area contributed by atoms with Crippen LogP contribution in [-0.2, 0) is 6.54 Å². The molecule has 112 valence electrons. The molecule has 0 spiro atoms. The van der Waals surface area contributed by atoms with Gasteiger partial charge in [-0.15, -0.1) is 0 Å². The van der Waals surface area contributed by atoms with Gasteiger partial charge in [-0.25, -0.2) is 9.07 Å². The molecule has 2 aromatic rings. The Labute approximate surface area is 126 Å². The van der Waals surface area contributed by atoms with Crippen LogP contribution in [0.25, 0.3) is 0 Å². The van der Waals surface area contributed by atoms with Crippen LogP contribution >= 0.6 is 11.8 Å². The highest BCUT2D eigenvalue weighted by molar-refractivity contribution is 8.00. The predicted molar refractivity (Wildman–Crippen MR) is 79.9 cm³/mol. The molecule has 0 unspecified atom stereocenters. The minimum absolute atomic E-state index is 0.184. The van der Waals surface area contributed by atoms with E-state index in [0.717, 1.165) is 30.5 Å². The van der Waals surface area contributed by atoms with Gasteiger partial charge in [0.05, 0.1) is 18.4 Å². The lowest BCUT2D eigenvalue weighted by molar-refractivity contribution is 0.585. The summed E-state index contributed by atoms with van der Waals surface area (Å²) in [5.41, 5.74) is 0.732. The van der Waals surface area contributed by atoms with Crippen molar-refractivity contribution in [1.29, 1.82) is 0 Å². The van der Waals surface area contributed by atoms with Gasteiger partial charge < -0.3 is 4.90 Å². The average Bonchev–Trinajstić information content (AvgIpc) is 2.88. The fourth-order valence-corrected chi connectivity index (χ4v) is 3.48. The molecule has 1 aliphatic heterocycles. The molecule has 0 radical (unpaired) electrons. The van der Waals surface area contributed by atoms with Gasteiger partial charge in [-0.1, -0.05) is 5.10 Å². The van der Waals surface area contributed by atoms with Crippen molar-refractivity contribution in [2.75, 3.05) is 23.7 Å². The second-order valence-electron chi connectivity index (χ2n) is 5.63. The number of halogens is 1. The zero-order valence-electron chi connectivity index (χ0n) is 12.0. The van der Waals surface area contributed by atoms with Crippen molar-refractivity contribution in [3.63, 3.8) is 0 Å². The first kappa shape index (κ1) is 14.2. The number of nitrogens with zero attached hydrogens (tertiary/aromatic N) is 6. The highest BCUT2D eigenvalue weighted by Gasteiger charge is 2.29. The Hall–Kier alpha value is -1.70. The van der Waals surface area contributed by atoms with E-state index in [1.54, 1.807) is 10.7 Å². The average molecular weight is 308 g/mol. The van der Waals surface area contributed by atoms with Crippen molar-refractivity contribution in [2.45, 2.75) is 25.1 Å². The SMILES string of the molecule is CC1(C)CN(c2nnnn2Cc2ccc(F)cn2)CCS1. The van der Waals surface area contributed by atoms with E-state index in [0.29, 0.717) is 6.54 Å². The van der Waals surface area contributed by atoms with Gasteiger partial charge in [-0.2, -0.15) is 11.8 Å². The number of tetrazole rings is 1. The van der Waals surface area contributed by atoms with Gasteiger partial charge >= 0.3 is 0 Å². The molecular weight excluding hydrogens is 291 g/mol. The lowest BCUT2D eigenvalue weighted by Gasteiger charge is -2.37. The maximum absolute atomic E-state index is 12.9. The van der Waals surface area contributed by atoms with Crippen molar-refractivity contribution in [1.82, 2.24) is 25.2 Å². The third-order valence-electron chi connectivity index (χ3n) is 3.32. The van der Waals surface area contributed by atoms with Gasteiger partial charge in [0.15, 0.2) is 0 Å². The van der Waals surface area contributed by atoms with E-state index in [4.69, 9.17) is 0 Å². The van der Waals surface area contributed by atoms with Crippen LogP contribution in [0.4, 0.5) is 10.3 Å². The van der Waals surface area contributed by atoms with Crippen molar-refractivity contribution in [2.24, 2.45) is 0 Å². The maximum Gasteiger partial charge on any atom is 0.245 e. The number of aromatic nitrogens is 5. The van der Waals surface area contributed by atoms with E-state index >= 15 is 0 Å². The summed E-state index contributed by atoms with van der Waals surface area (Å²) >= 11 is 1.96. The van der Waals surface area contributed by atoms with Crippen LogP contribution < -0.4 is 4.90 Å². The molecule has 0 atom stereocenters. The van der Waals surface area contributed by atoms with Gasteiger partial charge in [-0.3, -0.25) is 4.98 Å². The van der Waals surface area contributed by atoms with E-state index in [1.165, 1.54) is 12.3 Å². The highest BCUT2D eigenvalue weighted by Crippen LogP contribution is 2.31. The van der Waals surface area contributed by atoms with Crippen molar-refractivity contribution < 1.29 is 4.39 Å². The smallest absolute Gasteiger partial charge is 0.245 e. The van der Waals surface area contributed by atoms with Crippen LogP contribution in [-0.4, -0.2) is 48.8 Å². The molecule has 8 heteroatoms. The van der Waals surface area contributed by atoms with Gasteiger partial charge in [0, 0.05) is 23.6 Å².